The second kappa shape index (κ2) is 5.12. The van der Waals surface area contributed by atoms with Gasteiger partial charge < -0.3 is 11.1 Å². The normalized spacial score (nSPS) is 10.3. The molecule has 0 radical (unpaired) electrons. The first-order valence-corrected chi connectivity index (χ1v) is 6.83. The fraction of sp³-hybridized carbons (Fsp3) is 0. The number of anilines is 3. The Morgan fingerprint density at radius 1 is 0.947 bits per heavy atom. The first kappa shape index (κ1) is 11.7. The highest BCUT2D eigenvalue weighted by Crippen LogP contribution is 2.30. The molecule has 3 rings (SSSR count). The fourth-order valence-corrected chi connectivity index (χ4v) is 2.56. The van der Waals surface area contributed by atoms with E-state index in [2.05, 4.69) is 10.3 Å². The van der Waals surface area contributed by atoms with Crippen molar-refractivity contribution in [3.63, 3.8) is 0 Å². The van der Waals surface area contributed by atoms with Crippen LogP contribution in [0.5, 0.6) is 0 Å². The average Bonchev–Trinajstić information content (AvgIpc) is 2.89. The zero-order valence-corrected chi connectivity index (χ0v) is 11.0. The van der Waals surface area contributed by atoms with Gasteiger partial charge in [-0.25, -0.2) is 4.98 Å². The van der Waals surface area contributed by atoms with Crippen molar-refractivity contribution in [2.24, 2.45) is 0 Å². The number of thiazole rings is 1. The quantitative estimate of drug-likeness (QED) is 0.701. The predicted molar refractivity (Wildman–Crippen MR) is 81.7 cm³/mol. The molecule has 0 atom stereocenters. The molecule has 19 heavy (non-hydrogen) atoms. The maximum atomic E-state index is 5.96. The van der Waals surface area contributed by atoms with Gasteiger partial charge in [0.2, 0.25) is 0 Å². The first-order chi connectivity index (χ1) is 9.33. The van der Waals surface area contributed by atoms with Gasteiger partial charge in [-0.1, -0.05) is 36.4 Å². The van der Waals surface area contributed by atoms with E-state index in [0.717, 1.165) is 27.8 Å². The summed E-state index contributed by atoms with van der Waals surface area (Å²) in [5.41, 5.74) is 9.62. The van der Waals surface area contributed by atoms with Crippen LogP contribution in [0, 0.1) is 0 Å². The maximum Gasteiger partial charge on any atom is 0.187 e. The lowest BCUT2D eigenvalue weighted by atomic mass is 10.1. The van der Waals surface area contributed by atoms with Crippen LogP contribution < -0.4 is 11.1 Å². The van der Waals surface area contributed by atoms with E-state index in [1.807, 2.05) is 60.0 Å². The Morgan fingerprint density at radius 2 is 1.68 bits per heavy atom. The van der Waals surface area contributed by atoms with Crippen molar-refractivity contribution in [1.82, 2.24) is 4.98 Å². The number of para-hydroxylation sites is 2. The molecule has 94 valence electrons. The smallest absolute Gasteiger partial charge is 0.187 e. The zero-order chi connectivity index (χ0) is 13.1. The Morgan fingerprint density at radius 3 is 2.47 bits per heavy atom. The molecule has 4 heteroatoms. The van der Waals surface area contributed by atoms with Gasteiger partial charge in [0.1, 0.15) is 0 Å². The van der Waals surface area contributed by atoms with E-state index < -0.39 is 0 Å². The summed E-state index contributed by atoms with van der Waals surface area (Å²) in [4.78, 5) is 4.56. The lowest BCUT2D eigenvalue weighted by Crippen LogP contribution is -1.91. The van der Waals surface area contributed by atoms with E-state index in [0.29, 0.717) is 0 Å². The van der Waals surface area contributed by atoms with Crippen molar-refractivity contribution in [2.45, 2.75) is 0 Å². The van der Waals surface area contributed by atoms with Crippen molar-refractivity contribution in [3.05, 3.63) is 60.0 Å². The number of hydrogen-bond donors (Lipinski definition) is 2. The number of nitrogens with one attached hydrogen (secondary N) is 1. The Labute approximate surface area is 115 Å². The monoisotopic (exact) mass is 267 g/mol. The molecule has 0 spiro atoms. The molecule has 0 bridgehead atoms. The van der Waals surface area contributed by atoms with Gasteiger partial charge in [-0.2, -0.15) is 0 Å². The Balaban J connectivity index is 1.86. The molecule has 0 unspecified atom stereocenters. The SMILES string of the molecule is Nc1ccccc1-c1csc(Nc2ccccc2)n1. The van der Waals surface area contributed by atoms with Crippen LogP contribution in [0.4, 0.5) is 16.5 Å². The number of nitrogens with zero attached hydrogens (tertiary/aromatic N) is 1. The third-order valence-corrected chi connectivity index (χ3v) is 3.52. The van der Waals surface area contributed by atoms with Crippen molar-refractivity contribution in [3.8, 4) is 11.3 Å². The summed E-state index contributed by atoms with van der Waals surface area (Å²) in [6, 6.07) is 17.8. The van der Waals surface area contributed by atoms with Gasteiger partial charge in [0.25, 0.3) is 0 Å². The molecule has 3 N–H and O–H groups in total. The van der Waals surface area contributed by atoms with Crippen LogP contribution >= 0.6 is 11.3 Å². The molecule has 0 saturated heterocycles. The maximum absolute atomic E-state index is 5.96. The number of aromatic nitrogens is 1. The predicted octanol–water partition coefficient (Wildman–Crippen LogP) is 4.14. The summed E-state index contributed by atoms with van der Waals surface area (Å²) in [6.45, 7) is 0. The molecule has 2 aromatic carbocycles. The summed E-state index contributed by atoms with van der Waals surface area (Å²) >= 11 is 1.57. The minimum absolute atomic E-state index is 0.749. The van der Waals surface area contributed by atoms with Gasteiger partial charge in [-0.3, -0.25) is 0 Å². The molecule has 0 amide bonds. The van der Waals surface area contributed by atoms with Crippen LogP contribution in [-0.2, 0) is 0 Å². The molecular formula is C15H13N3S. The highest BCUT2D eigenvalue weighted by molar-refractivity contribution is 7.14. The topological polar surface area (TPSA) is 50.9 Å². The number of nitrogen functional groups attached to an aromatic ring is 1. The van der Waals surface area contributed by atoms with Crippen LogP contribution in [0.25, 0.3) is 11.3 Å². The largest absolute Gasteiger partial charge is 0.398 e. The summed E-state index contributed by atoms with van der Waals surface area (Å²) in [6.07, 6.45) is 0. The van der Waals surface area contributed by atoms with E-state index in [-0.39, 0.29) is 0 Å². The Kier molecular flexibility index (Phi) is 3.16. The zero-order valence-electron chi connectivity index (χ0n) is 10.2. The van der Waals surface area contributed by atoms with Gasteiger partial charge in [0.15, 0.2) is 5.13 Å². The van der Waals surface area contributed by atoms with Crippen LogP contribution in [-0.4, -0.2) is 4.98 Å². The molecule has 1 aromatic heterocycles. The lowest BCUT2D eigenvalue weighted by molar-refractivity contribution is 1.38. The van der Waals surface area contributed by atoms with Crippen LogP contribution in [0.1, 0.15) is 0 Å². The average molecular weight is 267 g/mol. The third kappa shape index (κ3) is 2.58. The van der Waals surface area contributed by atoms with Crippen molar-refractivity contribution >= 4 is 27.8 Å². The fourth-order valence-electron chi connectivity index (χ4n) is 1.83. The molecule has 0 aliphatic carbocycles. The molecule has 1 heterocycles. The third-order valence-electron chi connectivity index (χ3n) is 2.77. The Hall–Kier alpha value is -2.33. The second-order valence-corrected chi connectivity index (χ2v) is 4.97. The number of hydrogen-bond acceptors (Lipinski definition) is 4. The summed E-state index contributed by atoms with van der Waals surface area (Å²) in [7, 11) is 0. The van der Waals surface area contributed by atoms with Crippen molar-refractivity contribution in [2.75, 3.05) is 11.1 Å². The number of rotatable bonds is 3. The molecule has 0 saturated carbocycles. The summed E-state index contributed by atoms with van der Waals surface area (Å²) in [5.74, 6) is 0. The van der Waals surface area contributed by atoms with Gasteiger partial charge in [-0.15, -0.1) is 11.3 Å². The summed E-state index contributed by atoms with van der Waals surface area (Å²) < 4.78 is 0. The van der Waals surface area contributed by atoms with Crippen molar-refractivity contribution < 1.29 is 0 Å². The standard InChI is InChI=1S/C15H13N3S/c16-13-9-5-4-8-12(13)14-10-19-15(18-14)17-11-6-2-1-3-7-11/h1-10H,16H2,(H,17,18). The highest BCUT2D eigenvalue weighted by atomic mass is 32.1. The highest BCUT2D eigenvalue weighted by Gasteiger charge is 2.07. The van der Waals surface area contributed by atoms with Gasteiger partial charge in [0.05, 0.1) is 5.69 Å². The van der Waals surface area contributed by atoms with E-state index in [1.54, 1.807) is 11.3 Å². The van der Waals surface area contributed by atoms with Crippen LogP contribution in [0.15, 0.2) is 60.0 Å². The molecule has 3 nitrogen and oxygen atoms in total. The van der Waals surface area contributed by atoms with Crippen molar-refractivity contribution in [1.29, 1.82) is 0 Å². The minimum Gasteiger partial charge on any atom is -0.398 e. The number of nitrogens with two attached hydrogens (primary N) is 1. The molecule has 3 aromatic rings. The van der Waals surface area contributed by atoms with Crippen LogP contribution in [0.2, 0.25) is 0 Å². The van der Waals surface area contributed by atoms with E-state index in [4.69, 9.17) is 5.73 Å². The summed E-state index contributed by atoms with van der Waals surface area (Å²) in [5, 5.41) is 6.16. The molecule has 0 aliphatic rings. The van der Waals surface area contributed by atoms with Crippen LogP contribution in [0.3, 0.4) is 0 Å². The van der Waals surface area contributed by atoms with Gasteiger partial charge in [0, 0.05) is 22.3 Å². The first-order valence-electron chi connectivity index (χ1n) is 5.95. The van der Waals surface area contributed by atoms with E-state index >= 15 is 0 Å². The van der Waals surface area contributed by atoms with E-state index in [9.17, 15) is 0 Å². The lowest BCUT2D eigenvalue weighted by Gasteiger charge is -2.02. The minimum atomic E-state index is 0.749. The van der Waals surface area contributed by atoms with Gasteiger partial charge >= 0.3 is 0 Å². The Bertz CT molecular complexity index is 677. The second-order valence-electron chi connectivity index (χ2n) is 4.12. The van der Waals surface area contributed by atoms with E-state index in [1.165, 1.54) is 0 Å². The molecule has 0 aliphatic heterocycles. The molecule has 0 fully saturated rings. The molecular weight excluding hydrogens is 254 g/mol. The number of benzene rings is 2. The van der Waals surface area contributed by atoms with Gasteiger partial charge in [-0.05, 0) is 18.2 Å².